The molecule has 3 rings (SSSR count). The van der Waals surface area contributed by atoms with Crippen molar-refractivity contribution in [3.05, 3.63) is 59.9 Å². The SMILES string of the molecule is CN=C(NCCc1ccccn1)NCc1ccc(S(=O)(=O)NCC2CCCO2)cc1.I. The normalized spacial score (nSPS) is 16.5. The number of benzene rings is 1. The minimum absolute atomic E-state index is 0. The van der Waals surface area contributed by atoms with Crippen LogP contribution < -0.4 is 15.4 Å². The maximum Gasteiger partial charge on any atom is 0.240 e. The van der Waals surface area contributed by atoms with E-state index in [-0.39, 0.29) is 35.0 Å². The second-order valence-electron chi connectivity index (χ2n) is 7.05. The molecule has 0 radical (unpaired) electrons. The van der Waals surface area contributed by atoms with E-state index >= 15 is 0 Å². The van der Waals surface area contributed by atoms with Crippen LogP contribution >= 0.6 is 24.0 Å². The maximum atomic E-state index is 12.4. The van der Waals surface area contributed by atoms with E-state index in [4.69, 9.17) is 4.74 Å². The Labute approximate surface area is 201 Å². The predicted molar refractivity (Wildman–Crippen MR) is 132 cm³/mol. The topological polar surface area (TPSA) is 105 Å². The van der Waals surface area contributed by atoms with Gasteiger partial charge in [0, 0.05) is 51.6 Å². The summed E-state index contributed by atoms with van der Waals surface area (Å²) in [5, 5.41) is 6.48. The highest BCUT2D eigenvalue weighted by molar-refractivity contribution is 14.0. The van der Waals surface area contributed by atoms with Gasteiger partial charge in [-0.05, 0) is 42.7 Å². The lowest BCUT2D eigenvalue weighted by molar-refractivity contribution is 0.114. The van der Waals surface area contributed by atoms with Gasteiger partial charge in [-0.3, -0.25) is 9.98 Å². The molecule has 1 fully saturated rings. The molecule has 2 aromatic rings. The Morgan fingerprint density at radius 3 is 2.65 bits per heavy atom. The molecule has 1 atom stereocenters. The lowest BCUT2D eigenvalue weighted by Gasteiger charge is -2.13. The van der Waals surface area contributed by atoms with Gasteiger partial charge < -0.3 is 15.4 Å². The van der Waals surface area contributed by atoms with Crippen LogP contribution in [-0.2, 0) is 27.7 Å². The molecule has 1 unspecified atom stereocenters. The largest absolute Gasteiger partial charge is 0.377 e. The van der Waals surface area contributed by atoms with Crippen molar-refractivity contribution in [3.8, 4) is 0 Å². The zero-order valence-corrected chi connectivity index (χ0v) is 20.7. The molecule has 0 saturated carbocycles. The van der Waals surface area contributed by atoms with E-state index in [1.165, 1.54) is 0 Å². The van der Waals surface area contributed by atoms with Crippen LogP contribution in [0.15, 0.2) is 58.5 Å². The van der Waals surface area contributed by atoms with Crippen LogP contribution in [0.4, 0.5) is 0 Å². The van der Waals surface area contributed by atoms with Crippen LogP contribution in [0.5, 0.6) is 0 Å². The van der Waals surface area contributed by atoms with Crippen molar-refractivity contribution >= 4 is 40.0 Å². The summed E-state index contributed by atoms with van der Waals surface area (Å²) in [4.78, 5) is 8.76. The van der Waals surface area contributed by atoms with Gasteiger partial charge in [0.1, 0.15) is 0 Å². The van der Waals surface area contributed by atoms with E-state index < -0.39 is 10.0 Å². The van der Waals surface area contributed by atoms with E-state index in [1.807, 2.05) is 18.2 Å². The quantitative estimate of drug-likeness (QED) is 0.247. The summed E-state index contributed by atoms with van der Waals surface area (Å²) in [7, 11) is -1.82. The lowest BCUT2D eigenvalue weighted by atomic mass is 10.2. The monoisotopic (exact) mass is 559 g/mol. The van der Waals surface area contributed by atoms with Gasteiger partial charge in [-0.1, -0.05) is 18.2 Å². The van der Waals surface area contributed by atoms with Crippen molar-refractivity contribution in [2.24, 2.45) is 4.99 Å². The van der Waals surface area contributed by atoms with E-state index in [1.54, 1.807) is 37.5 Å². The number of halogens is 1. The average Bonchev–Trinajstić information content (AvgIpc) is 3.30. The van der Waals surface area contributed by atoms with Crippen molar-refractivity contribution in [2.45, 2.75) is 36.8 Å². The van der Waals surface area contributed by atoms with Gasteiger partial charge in [-0.2, -0.15) is 0 Å². The molecule has 1 saturated heterocycles. The molecular weight excluding hydrogens is 529 g/mol. The molecule has 0 aliphatic carbocycles. The summed E-state index contributed by atoms with van der Waals surface area (Å²) in [6.07, 6.45) is 4.43. The summed E-state index contributed by atoms with van der Waals surface area (Å²) < 4.78 is 33.0. The fourth-order valence-corrected chi connectivity index (χ4v) is 4.21. The van der Waals surface area contributed by atoms with Crippen molar-refractivity contribution in [1.82, 2.24) is 20.3 Å². The van der Waals surface area contributed by atoms with Crippen LogP contribution in [0, 0.1) is 0 Å². The first-order chi connectivity index (χ1) is 14.6. The van der Waals surface area contributed by atoms with Crippen molar-refractivity contribution in [3.63, 3.8) is 0 Å². The predicted octanol–water partition coefficient (Wildman–Crippen LogP) is 2.06. The smallest absolute Gasteiger partial charge is 0.240 e. The highest BCUT2D eigenvalue weighted by atomic mass is 127. The number of rotatable bonds is 9. The van der Waals surface area contributed by atoms with Crippen LogP contribution in [0.1, 0.15) is 24.1 Å². The molecule has 0 bridgehead atoms. The van der Waals surface area contributed by atoms with Crippen LogP contribution in [0.2, 0.25) is 0 Å². The molecule has 31 heavy (non-hydrogen) atoms. The van der Waals surface area contributed by atoms with Crippen LogP contribution in [0.3, 0.4) is 0 Å². The molecule has 1 aromatic carbocycles. The molecule has 10 heteroatoms. The standard InChI is InChI=1S/C21H29N5O3S.HI/c1-22-21(24-13-11-18-5-2-3-12-23-18)25-15-17-7-9-20(10-8-17)30(27,28)26-16-19-6-4-14-29-19;/h2-3,5,7-10,12,19,26H,4,6,11,13-16H2,1H3,(H2,22,24,25);1H. The van der Waals surface area contributed by atoms with Crippen molar-refractivity contribution < 1.29 is 13.2 Å². The Bertz CT molecular complexity index is 918. The third-order valence-electron chi connectivity index (χ3n) is 4.84. The zero-order valence-electron chi connectivity index (χ0n) is 17.6. The molecule has 170 valence electrons. The molecule has 1 aliphatic heterocycles. The number of aromatic nitrogens is 1. The molecule has 3 N–H and O–H groups in total. The van der Waals surface area contributed by atoms with Crippen molar-refractivity contribution in [2.75, 3.05) is 26.7 Å². The number of ether oxygens (including phenoxy) is 1. The number of aliphatic imine (C=N–C) groups is 1. The molecule has 8 nitrogen and oxygen atoms in total. The fourth-order valence-electron chi connectivity index (χ4n) is 3.14. The number of guanidine groups is 1. The highest BCUT2D eigenvalue weighted by Gasteiger charge is 2.20. The Kier molecular flexibility index (Phi) is 10.6. The summed E-state index contributed by atoms with van der Waals surface area (Å²) in [5.41, 5.74) is 1.98. The molecule has 1 aliphatic rings. The summed E-state index contributed by atoms with van der Waals surface area (Å²) in [6, 6.07) is 12.7. The number of hydrogen-bond donors (Lipinski definition) is 3. The van der Waals surface area contributed by atoms with Gasteiger partial charge >= 0.3 is 0 Å². The second-order valence-corrected chi connectivity index (χ2v) is 8.82. The average molecular weight is 559 g/mol. The molecule has 0 amide bonds. The minimum atomic E-state index is -3.53. The first-order valence-corrected chi connectivity index (χ1v) is 11.6. The van der Waals surface area contributed by atoms with Gasteiger partial charge in [0.2, 0.25) is 10.0 Å². The zero-order chi connectivity index (χ0) is 21.2. The van der Waals surface area contributed by atoms with Crippen LogP contribution in [0.25, 0.3) is 0 Å². The Morgan fingerprint density at radius 1 is 1.19 bits per heavy atom. The number of nitrogens with one attached hydrogen (secondary N) is 3. The van der Waals surface area contributed by atoms with E-state index in [0.29, 0.717) is 32.2 Å². The Morgan fingerprint density at radius 2 is 2.00 bits per heavy atom. The fraction of sp³-hybridized carbons (Fsp3) is 0.429. The lowest BCUT2D eigenvalue weighted by Crippen LogP contribution is -2.37. The Balaban J connectivity index is 0.00000341. The first-order valence-electron chi connectivity index (χ1n) is 10.1. The van der Waals surface area contributed by atoms with Gasteiger partial charge in [0.15, 0.2) is 5.96 Å². The Hall–Kier alpha value is -1.76. The summed E-state index contributed by atoms with van der Waals surface area (Å²) in [5.74, 6) is 0.681. The number of hydrogen-bond acceptors (Lipinski definition) is 5. The molecule has 0 spiro atoms. The minimum Gasteiger partial charge on any atom is -0.377 e. The van der Waals surface area contributed by atoms with Gasteiger partial charge in [0.05, 0.1) is 11.0 Å². The van der Waals surface area contributed by atoms with E-state index in [0.717, 1.165) is 30.5 Å². The first kappa shape index (κ1) is 25.5. The third kappa shape index (κ3) is 8.36. The van der Waals surface area contributed by atoms with Gasteiger partial charge in [-0.15, -0.1) is 24.0 Å². The van der Waals surface area contributed by atoms with Crippen LogP contribution in [-0.4, -0.2) is 52.2 Å². The second kappa shape index (κ2) is 12.9. The summed E-state index contributed by atoms with van der Waals surface area (Å²) in [6.45, 7) is 2.26. The number of nitrogens with zero attached hydrogens (tertiary/aromatic N) is 2. The van der Waals surface area contributed by atoms with E-state index in [2.05, 4.69) is 25.3 Å². The highest BCUT2D eigenvalue weighted by Crippen LogP contribution is 2.14. The summed E-state index contributed by atoms with van der Waals surface area (Å²) >= 11 is 0. The maximum absolute atomic E-state index is 12.4. The van der Waals surface area contributed by atoms with Gasteiger partial charge in [-0.25, -0.2) is 13.1 Å². The molecule has 1 aromatic heterocycles. The van der Waals surface area contributed by atoms with Crippen molar-refractivity contribution in [1.29, 1.82) is 0 Å². The van der Waals surface area contributed by atoms with Gasteiger partial charge in [0.25, 0.3) is 0 Å². The number of sulfonamides is 1. The van der Waals surface area contributed by atoms with E-state index in [9.17, 15) is 8.42 Å². The molecular formula is C21H30IN5O3S. The molecule has 2 heterocycles. The third-order valence-corrected chi connectivity index (χ3v) is 6.28. The number of pyridine rings is 1.